The number of carboxylic acids is 1. The van der Waals surface area contributed by atoms with Gasteiger partial charge in [0.2, 0.25) is 0 Å². The number of hydrogen-bond donors (Lipinski definition) is 3. The zero-order valence-electron chi connectivity index (χ0n) is 27.7. The summed E-state index contributed by atoms with van der Waals surface area (Å²) in [5.41, 5.74) is 4.31. The topological polar surface area (TPSA) is 160 Å². The van der Waals surface area contributed by atoms with E-state index in [1.165, 1.54) is 45.0 Å². The summed E-state index contributed by atoms with van der Waals surface area (Å²) in [6.07, 6.45) is 11.1. The molecule has 1 saturated carbocycles. The monoisotopic (exact) mass is 728 g/mol. The number of aliphatic carboxylic acids is 1. The van der Waals surface area contributed by atoms with E-state index in [9.17, 15) is 27.9 Å². The Kier molecular flexibility index (Phi) is 15.6. The summed E-state index contributed by atoms with van der Waals surface area (Å²) in [5, 5.41) is 13.1. The molecule has 2 fully saturated rings. The van der Waals surface area contributed by atoms with Crippen LogP contribution in [0.4, 0.5) is 4.79 Å². The zero-order chi connectivity index (χ0) is 34.7. The van der Waals surface area contributed by atoms with E-state index in [0.29, 0.717) is 25.6 Å². The first-order chi connectivity index (χ1) is 21.4. The number of carbonyl (C=O) groups is 3. The standard InChI is InChI=1S/C17H23NO5.C15H22BrNO.CH4O3S/c1-17(2,3)23-16(22)18-8-7-13(14(10-18)15(20)21)11-5-4-6-12(19)9-11;1-11-13(4-3-7-18-2)8-12(9-15(11)16)10-17-14-5-6-14;1-5(2,3)4/h4-5,9,13-14H,6-8,10H2,1-3H3,(H,20,21);8-9,14,17H,3-7,10H2,1-2H3;1H3,(H,2,3,4)/t13?,14-;;/m0../s1. The lowest BCUT2D eigenvalue weighted by molar-refractivity contribution is -0.145. The lowest BCUT2D eigenvalue weighted by Crippen LogP contribution is -2.48. The molecule has 1 aromatic rings. The normalized spacial score (nSPS) is 19.7. The molecule has 13 heteroatoms. The summed E-state index contributed by atoms with van der Waals surface area (Å²) >= 11 is 3.67. The molecule has 3 N–H and O–H groups in total. The fourth-order valence-corrected chi connectivity index (χ4v) is 5.59. The van der Waals surface area contributed by atoms with E-state index in [1.807, 2.05) is 6.08 Å². The third kappa shape index (κ3) is 15.3. The van der Waals surface area contributed by atoms with Crippen LogP contribution in [0.25, 0.3) is 0 Å². The number of methoxy groups -OCH3 is 1. The van der Waals surface area contributed by atoms with Gasteiger partial charge in [0.15, 0.2) is 5.78 Å². The number of hydrogen-bond acceptors (Lipinski definition) is 8. The molecule has 0 aromatic heterocycles. The number of aryl methyl sites for hydroxylation is 1. The molecule has 1 unspecified atom stereocenters. The van der Waals surface area contributed by atoms with E-state index < -0.39 is 33.7 Å². The van der Waals surface area contributed by atoms with Crippen LogP contribution < -0.4 is 5.32 Å². The van der Waals surface area contributed by atoms with Crippen LogP contribution in [0.15, 0.2) is 40.4 Å². The Hall–Kier alpha value is -2.58. The summed E-state index contributed by atoms with van der Waals surface area (Å²) < 4.78 is 37.5. The molecule has 1 heterocycles. The number of nitrogens with zero attached hydrogens (tertiary/aromatic N) is 1. The average Bonchev–Trinajstić information content (AvgIpc) is 3.77. The first-order valence-corrected chi connectivity index (χ1v) is 18.1. The van der Waals surface area contributed by atoms with E-state index in [-0.39, 0.29) is 18.2 Å². The van der Waals surface area contributed by atoms with Crippen molar-refractivity contribution in [2.75, 3.05) is 33.1 Å². The fraction of sp³-hybridized carbons (Fsp3) is 0.606. The number of rotatable bonds is 9. The molecule has 2 atom stereocenters. The number of ketones is 1. The van der Waals surface area contributed by atoms with Crippen LogP contribution in [0.3, 0.4) is 0 Å². The molecule has 1 amide bonds. The fourth-order valence-electron chi connectivity index (χ4n) is 5.04. The van der Waals surface area contributed by atoms with Gasteiger partial charge < -0.3 is 24.8 Å². The summed E-state index contributed by atoms with van der Waals surface area (Å²) in [7, 11) is -1.90. The minimum atomic E-state index is -3.67. The quantitative estimate of drug-likeness (QED) is 0.219. The van der Waals surface area contributed by atoms with Crippen molar-refractivity contribution < 1.29 is 41.9 Å². The number of carbonyl (C=O) groups excluding carboxylic acids is 2. The zero-order valence-corrected chi connectivity index (χ0v) is 30.1. The van der Waals surface area contributed by atoms with E-state index in [2.05, 4.69) is 40.3 Å². The number of amides is 1. The molecule has 0 spiro atoms. The van der Waals surface area contributed by atoms with Crippen molar-refractivity contribution in [2.45, 2.75) is 84.4 Å². The minimum absolute atomic E-state index is 0.0128. The molecular weight excluding hydrogens is 680 g/mol. The van der Waals surface area contributed by atoms with Crippen LogP contribution in [0.5, 0.6) is 0 Å². The van der Waals surface area contributed by atoms with Gasteiger partial charge in [-0.2, -0.15) is 8.42 Å². The molecule has 3 aliphatic rings. The van der Waals surface area contributed by atoms with Crippen molar-refractivity contribution in [3.63, 3.8) is 0 Å². The van der Waals surface area contributed by atoms with Crippen molar-refractivity contribution >= 4 is 43.9 Å². The number of nitrogens with one attached hydrogen (secondary N) is 1. The van der Waals surface area contributed by atoms with Gasteiger partial charge in [0.25, 0.3) is 10.1 Å². The number of carboxylic acid groups (broad SMARTS) is 1. The Bertz CT molecular complexity index is 1370. The van der Waals surface area contributed by atoms with Crippen molar-refractivity contribution in [3.05, 3.63) is 57.1 Å². The first kappa shape index (κ1) is 39.6. The number of piperidine rings is 1. The molecule has 1 aromatic carbocycles. The maximum absolute atomic E-state index is 12.1. The summed E-state index contributed by atoms with van der Waals surface area (Å²) in [6, 6.07) is 5.34. The molecule has 1 aliphatic heterocycles. The van der Waals surface area contributed by atoms with Gasteiger partial charge in [0.05, 0.1) is 12.2 Å². The Morgan fingerprint density at radius 2 is 1.83 bits per heavy atom. The molecular formula is C33H49BrN2O9S. The van der Waals surface area contributed by atoms with Crippen LogP contribution >= 0.6 is 15.9 Å². The second-order valence-corrected chi connectivity index (χ2v) is 15.2. The highest BCUT2D eigenvalue weighted by molar-refractivity contribution is 9.10. The highest BCUT2D eigenvalue weighted by Gasteiger charge is 2.39. The maximum Gasteiger partial charge on any atom is 0.410 e. The predicted molar refractivity (Wildman–Crippen MR) is 180 cm³/mol. The Morgan fingerprint density at radius 3 is 2.37 bits per heavy atom. The van der Waals surface area contributed by atoms with Crippen LogP contribution in [0.1, 0.15) is 69.6 Å². The molecule has 2 aliphatic carbocycles. The van der Waals surface area contributed by atoms with Gasteiger partial charge >= 0.3 is 12.1 Å². The smallest absolute Gasteiger partial charge is 0.410 e. The molecule has 258 valence electrons. The third-order valence-corrected chi connectivity index (χ3v) is 8.27. The summed E-state index contributed by atoms with van der Waals surface area (Å²) in [5.74, 6) is -1.97. The van der Waals surface area contributed by atoms with Crippen molar-refractivity contribution in [3.8, 4) is 0 Å². The van der Waals surface area contributed by atoms with Crippen LogP contribution in [0.2, 0.25) is 0 Å². The van der Waals surface area contributed by atoms with Gasteiger partial charge in [-0.25, -0.2) is 4.79 Å². The number of allylic oxidation sites excluding steroid dienone is 4. The van der Waals surface area contributed by atoms with Crippen LogP contribution in [-0.4, -0.2) is 85.5 Å². The summed E-state index contributed by atoms with van der Waals surface area (Å²) in [6.45, 7) is 9.84. The van der Waals surface area contributed by atoms with Gasteiger partial charge in [-0.05, 0) is 94.2 Å². The molecule has 11 nitrogen and oxygen atoms in total. The highest BCUT2D eigenvalue weighted by atomic mass is 79.9. The largest absolute Gasteiger partial charge is 0.481 e. The lowest BCUT2D eigenvalue weighted by atomic mass is 9.78. The number of likely N-dealkylation sites (tertiary alicyclic amines) is 1. The number of ether oxygens (including phenoxy) is 2. The number of benzene rings is 1. The minimum Gasteiger partial charge on any atom is -0.481 e. The van der Waals surface area contributed by atoms with E-state index in [4.69, 9.17) is 14.0 Å². The van der Waals surface area contributed by atoms with E-state index in [0.717, 1.165) is 37.6 Å². The Balaban J connectivity index is 0.000000285. The van der Waals surface area contributed by atoms with Crippen molar-refractivity contribution in [2.24, 2.45) is 11.8 Å². The van der Waals surface area contributed by atoms with E-state index in [1.54, 1.807) is 34.0 Å². The molecule has 1 saturated heterocycles. The molecule has 0 radical (unpaired) electrons. The molecule has 0 bridgehead atoms. The van der Waals surface area contributed by atoms with Gasteiger partial charge in [-0.3, -0.25) is 14.1 Å². The van der Waals surface area contributed by atoms with Crippen LogP contribution in [-0.2, 0) is 42.1 Å². The SMILES string of the molecule is CC(C)(C)OC(=O)N1CCC(C2=CC(=O)CC=C2)[C@@H](C(=O)O)C1.COCCCc1cc(CNC2CC2)cc(Br)c1C.CS(=O)(=O)O. The van der Waals surface area contributed by atoms with Gasteiger partial charge in [-0.15, -0.1) is 0 Å². The van der Waals surface area contributed by atoms with Gasteiger partial charge in [0.1, 0.15) is 5.60 Å². The molecule has 4 rings (SSSR count). The Morgan fingerprint density at radius 1 is 1.17 bits per heavy atom. The average molecular weight is 730 g/mol. The van der Waals surface area contributed by atoms with E-state index >= 15 is 0 Å². The van der Waals surface area contributed by atoms with Gasteiger partial charge in [0, 0.05) is 56.2 Å². The van der Waals surface area contributed by atoms with Crippen molar-refractivity contribution in [1.29, 1.82) is 0 Å². The van der Waals surface area contributed by atoms with Crippen molar-refractivity contribution in [1.82, 2.24) is 10.2 Å². The lowest BCUT2D eigenvalue weighted by Gasteiger charge is -2.38. The third-order valence-electron chi connectivity index (χ3n) is 7.45. The number of halogens is 1. The summed E-state index contributed by atoms with van der Waals surface area (Å²) in [4.78, 5) is 36.8. The maximum atomic E-state index is 12.1. The van der Waals surface area contributed by atoms with Gasteiger partial charge in [-0.1, -0.05) is 34.1 Å². The molecule has 46 heavy (non-hydrogen) atoms. The van der Waals surface area contributed by atoms with Crippen LogP contribution in [0, 0.1) is 18.8 Å². The second kappa shape index (κ2) is 18.1. The predicted octanol–water partition coefficient (Wildman–Crippen LogP) is 5.49. The first-order valence-electron chi connectivity index (χ1n) is 15.4. The second-order valence-electron chi connectivity index (χ2n) is 12.8. The highest BCUT2D eigenvalue weighted by Crippen LogP contribution is 2.33. The Labute approximate surface area is 281 Å².